The van der Waals surface area contributed by atoms with Crippen molar-refractivity contribution in [2.45, 2.75) is 39.7 Å². The van der Waals surface area contributed by atoms with Crippen LogP contribution in [0.4, 0.5) is 0 Å². The van der Waals surface area contributed by atoms with Gasteiger partial charge in [-0.25, -0.2) is 5.01 Å². The van der Waals surface area contributed by atoms with Gasteiger partial charge in [-0.1, -0.05) is 26.8 Å². The zero-order chi connectivity index (χ0) is 23.5. The number of thiophene rings is 1. The first-order chi connectivity index (χ1) is 15.1. The molecule has 1 aliphatic rings. The van der Waals surface area contributed by atoms with Crippen molar-refractivity contribution in [2.24, 2.45) is 10.5 Å². The van der Waals surface area contributed by atoms with Crippen molar-refractivity contribution in [3.8, 4) is 11.5 Å². The highest BCUT2D eigenvalue weighted by molar-refractivity contribution is 7.12. The molecule has 2 amide bonds. The van der Waals surface area contributed by atoms with Gasteiger partial charge in [0.2, 0.25) is 5.91 Å². The highest BCUT2D eigenvalue weighted by Crippen LogP contribution is 2.39. The van der Waals surface area contributed by atoms with E-state index in [1.165, 1.54) is 9.91 Å². The number of carbonyl (C=O) groups excluding carboxylic acids is 2. The second-order valence-corrected chi connectivity index (χ2v) is 10.0. The van der Waals surface area contributed by atoms with Crippen LogP contribution in [-0.2, 0) is 9.59 Å². The van der Waals surface area contributed by atoms with Crippen LogP contribution < -0.4 is 9.47 Å². The first-order valence-corrected chi connectivity index (χ1v) is 11.4. The van der Waals surface area contributed by atoms with Gasteiger partial charge in [0, 0.05) is 25.5 Å². The maximum Gasteiger partial charge on any atom is 0.262 e. The number of hydrogen-bond acceptors (Lipinski definition) is 6. The monoisotopic (exact) mass is 457 g/mol. The Hall–Kier alpha value is -2.87. The minimum Gasteiger partial charge on any atom is -0.497 e. The van der Waals surface area contributed by atoms with Crippen LogP contribution >= 0.6 is 11.3 Å². The molecule has 1 aliphatic heterocycles. The molecule has 3 rings (SSSR count). The average Bonchev–Trinajstić information content (AvgIpc) is 3.41. The van der Waals surface area contributed by atoms with Gasteiger partial charge >= 0.3 is 0 Å². The molecular formula is C24H31N3O4S. The van der Waals surface area contributed by atoms with Crippen LogP contribution in [0.1, 0.15) is 50.1 Å². The van der Waals surface area contributed by atoms with E-state index in [9.17, 15) is 9.59 Å². The van der Waals surface area contributed by atoms with Crippen molar-refractivity contribution in [3.63, 3.8) is 0 Å². The third-order valence-corrected chi connectivity index (χ3v) is 6.17. The van der Waals surface area contributed by atoms with E-state index in [0.717, 1.165) is 16.2 Å². The standard InChI is InChI=1S/C24H31N3O4S/c1-24(2,3)14-22(28)26(4)15-23(29)27-19(13-18(25-27)21-8-7-11-32-21)17-12-16(30-5)9-10-20(17)31-6/h7-12,19H,13-15H2,1-6H3/t19-/m1/s1. The number of hydrazone groups is 1. The summed E-state index contributed by atoms with van der Waals surface area (Å²) in [6.07, 6.45) is 0.920. The molecule has 0 fully saturated rings. The van der Waals surface area contributed by atoms with Gasteiger partial charge in [0.25, 0.3) is 5.91 Å². The first-order valence-electron chi connectivity index (χ1n) is 10.5. The molecule has 8 heteroatoms. The number of benzene rings is 1. The SMILES string of the molecule is COc1ccc(OC)c([C@H]2CC(c3cccs3)=NN2C(=O)CN(C)C(=O)CC(C)(C)C)c1. The molecule has 32 heavy (non-hydrogen) atoms. The van der Waals surface area contributed by atoms with Crippen LogP contribution in [0.5, 0.6) is 11.5 Å². The second kappa shape index (κ2) is 9.73. The van der Waals surface area contributed by atoms with Crippen molar-refractivity contribution in [3.05, 3.63) is 46.2 Å². The number of likely N-dealkylation sites (N-methyl/N-ethyl adjacent to an activating group) is 1. The van der Waals surface area contributed by atoms with E-state index in [-0.39, 0.29) is 29.8 Å². The topological polar surface area (TPSA) is 71.4 Å². The molecule has 1 atom stereocenters. The van der Waals surface area contributed by atoms with Gasteiger partial charge in [-0.2, -0.15) is 5.10 Å². The summed E-state index contributed by atoms with van der Waals surface area (Å²) >= 11 is 1.58. The minimum absolute atomic E-state index is 0.0427. The van der Waals surface area contributed by atoms with Gasteiger partial charge in [-0.3, -0.25) is 9.59 Å². The molecule has 2 heterocycles. The predicted molar refractivity (Wildman–Crippen MR) is 126 cm³/mol. The lowest BCUT2D eigenvalue weighted by molar-refractivity contribution is -0.141. The molecule has 0 N–H and O–H groups in total. The minimum atomic E-state index is -0.351. The van der Waals surface area contributed by atoms with E-state index in [2.05, 4.69) is 5.10 Å². The summed E-state index contributed by atoms with van der Waals surface area (Å²) in [5, 5.41) is 8.16. The zero-order valence-corrected chi connectivity index (χ0v) is 20.4. The number of hydrogen-bond donors (Lipinski definition) is 0. The van der Waals surface area contributed by atoms with E-state index >= 15 is 0 Å². The Labute approximate surface area is 193 Å². The predicted octanol–water partition coefficient (Wildman–Crippen LogP) is 4.34. The number of ether oxygens (including phenoxy) is 2. The van der Waals surface area contributed by atoms with Gasteiger partial charge in [0.15, 0.2) is 0 Å². The van der Waals surface area contributed by atoms with Gasteiger partial charge in [0.05, 0.1) is 30.9 Å². The lowest BCUT2D eigenvalue weighted by Crippen LogP contribution is -2.40. The number of carbonyl (C=O) groups is 2. The maximum atomic E-state index is 13.3. The molecule has 0 unspecified atom stereocenters. The lowest BCUT2D eigenvalue weighted by atomic mass is 9.92. The fourth-order valence-corrected chi connectivity index (χ4v) is 4.35. The quantitative estimate of drug-likeness (QED) is 0.620. The number of amides is 2. The summed E-state index contributed by atoms with van der Waals surface area (Å²) < 4.78 is 11.0. The highest BCUT2D eigenvalue weighted by Gasteiger charge is 2.36. The Bertz CT molecular complexity index is 995. The Morgan fingerprint density at radius 3 is 2.56 bits per heavy atom. The Balaban J connectivity index is 1.90. The molecule has 0 aliphatic carbocycles. The van der Waals surface area contributed by atoms with Crippen LogP contribution in [0.25, 0.3) is 0 Å². The van der Waals surface area contributed by atoms with Crippen LogP contribution in [-0.4, -0.2) is 55.2 Å². The summed E-state index contributed by atoms with van der Waals surface area (Å²) in [7, 11) is 4.87. The zero-order valence-electron chi connectivity index (χ0n) is 19.5. The Kier molecular flexibility index (Phi) is 7.23. The molecule has 172 valence electrons. The normalized spacial score (nSPS) is 16.0. The molecule has 1 aromatic carbocycles. The largest absolute Gasteiger partial charge is 0.497 e. The van der Waals surface area contributed by atoms with Gasteiger partial charge < -0.3 is 14.4 Å². The number of rotatable bonds is 7. The average molecular weight is 458 g/mol. The molecule has 1 aromatic heterocycles. The highest BCUT2D eigenvalue weighted by atomic mass is 32.1. The summed E-state index contributed by atoms with van der Waals surface area (Å²) in [6.45, 7) is 5.97. The lowest BCUT2D eigenvalue weighted by Gasteiger charge is -2.27. The molecule has 2 aromatic rings. The molecule has 0 bridgehead atoms. The molecule has 0 radical (unpaired) electrons. The number of methoxy groups -OCH3 is 2. The fraction of sp³-hybridized carbons (Fsp3) is 0.458. The molecular weight excluding hydrogens is 426 g/mol. The van der Waals surface area contributed by atoms with Gasteiger partial charge in [0.1, 0.15) is 18.0 Å². The molecule has 0 spiro atoms. The summed E-state index contributed by atoms with van der Waals surface area (Å²) in [4.78, 5) is 28.4. The Morgan fingerprint density at radius 1 is 1.22 bits per heavy atom. The van der Waals surface area contributed by atoms with Gasteiger partial charge in [-0.15, -0.1) is 11.3 Å². The van der Waals surface area contributed by atoms with Crippen LogP contribution in [0.3, 0.4) is 0 Å². The molecule has 0 saturated heterocycles. The van der Waals surface area contributed by atoms with Crippen LogP contribution in [0.2, 0.25) is 0 Å². The van der Waals surface area contributed by atoms with Crippen molar-refractivity contribution in [2.75, 3.05) is 27.8 Å². The summed E-state index contributed by atoms with van der Waals surface area (Å²) in [6, 6.07) is 9.15. The van der Waals surface area contributed by atoms with Crippen LogP contribution in [0, 0.1) is 5.41 Å². The van der Waals surface area contributed by atoms with Crippen molar-refractivity contribution < 1.29 is 19.1 Å². The number of nitrogens with zero attached hydrogens (tertiary/aromatic N) is 3. The summed E-state index contributed by atoms with van der Waals surface area (Å²) in [5.74, 6) is 1.03. The van der Waals surface area contributed by atoms with Crippen molar-refractivity contribution >= 4 is 28.9 Å². The van der Waals surface area contributed by atoms with Crippen molar-refractivity contribution in [1.29, 1.82) is 0 Å². The Morgan fingerprint density at radius 2 is 1.97 bits per heavy atom. The summed E-state index contributed by atoms with van der Waals surface area (Å²) in [5.41, 5.74) is 1.51. The van der Waals surface area contributed by atoms with E-state index in [4.69, 9.17) is 9.47 Å². The third-order valence-electron chi connectivity index (χ3n) is 5.25. The molecule has 7 nitrogen and oxygen atoms in total. The van der Waals surface area contributed by atoms with Gasteiger partial charge in [-0.05, 0) is 35.1 Å². The second-order valence-electron chi connectivity index (χ2n) is 9.08. The van der Waals surface area contributed by atoms with E-state index < -0.39 is 0 Å². The van der Waals surface area contributed by atoms with E-state index in [1.807, 2.05) is 56.5 Å². The maximum absolute atomic E-state index is 13.3. The third kappa shape index (κ3) is 5.48. The smallest absolute Gasteiger partial charge is 0.262 e. The fourth-order valence-electron chi connectivity index (χ4n) is 3.63. The van der Waals surface area contributed by atoms with Crippen molar-refractivity contribution in [1.82, 2.24) is 9.91 Å². The van der Waals surface area contributed by atoms with E-state index in [1.54, 1.807) is 32.6 Å². The molecule has 0 saturated carbocycles. The van der Waals surface area contributed by atoms with Crippen LogP contribution in [0.15, 0.2) is 40.8 Å². The first kappa shape index (κ1) is 23.8. The van der Waals surface area contributed by atoms with E-state index in [0.29, 0.717) is 24.3 Å².